The van der Waals surface area contributed by atoms with E-state index in [2.05, 4.69) is 21.2 Å². The molecule has 178 valence electrons. The van der Waals surface area contributed by atoms with Crippen LogP contribution in [0.25, 0.3) is 0 Å². The zero-order valence-electron chi connectivity index (χ0n) is 18.3. The highest BCUT2D eigenvalue weighted by Crippen LogP contribution is 2.34. The van der Waals surface area contributed by atoms with Crippen molar-refractivity contribution < 1.29 is 19.1 Å². The molecule has 10 heteroatoms. The summed E-state index contributed by atoms with van der Waals surface area (Å²) in [4.78, 5) is 39.1. The molecular weight excluding hydrogens is 579 g/mol. The second-order valence-electron chi connectivity index (χ2n) is 7.69. The number of esters is 1. The summed E-state index contributed by atoms with van der Waals surface area (Å²) >= 11 is 21.5. The van der Waals surface area contributed by atoms with Gasteiger partial charge in [-0.3, -0.25) is 9.59 Å². The largest absolute Gasteiger partial charge is 0.422 e. The third-order valence-electron chi connectivity index (χ3n) is 5.20. The van der Waals surface area contributed by atoms with Crippen molar-refractivity contribution in [2.75, 3.05) is 10.2 Å². The van der Waals surface area contributed by atoms with E-state index in [1.54, 1.807) is 24.3 Å². The van der Waals surface area contributed by atoms with E-state index >= 15 is 0 Å². The number of rotatable bonds is 5. The van der Waals surface area contributed by atoms with Gasteiger partial charge in [0.05, 0.1) is 21.3 Å². The number of amides is 2. The van der Waals surface area contributed by atoms with Crippen LogP contribution >= 0.6 is 50.7 Å². The van der Waals surface area contributed by atoms with Crippen molar-refractivity contribution in [2.24, 2.45) is 0 Å². The number of nitrogens with zero attached hydrogens (tertiary/aromatic N) is 1. The first-order valence-electron chi connectivity index (χ1n) is 10.2. The fourth-order valence-corrected chi connectivity index (χ4v) is 4.71. The van der Waals surface area contributed by atoms with Gasteiger partial charge in [-0.2, -0.15) is 0 Å². The lowest BCUT2D eigenvalue weighted by molar-refractivity contribution is -0.120. The van der Waals surface area contributed by atoms with E-state index in [1.165, 1.54) is 18.2 Å². The number of anilines is 2. The molecule has 1 aliphatic rings. The summed E-state index contributed by atoms with van der Waals surface area (Å²) in [6.07, 6.45) is 0. The molecular formula is C25H16BrCl3N2O4. The van der Waals surface area contributed by atoms with Crippen molar-refractivity contribution in [3.63, 3.8) is 0 Å². The van der Waals surface area contributed by atoms with Gasteiger partial charge in [-0.05, 0) is 79.6 Å². The highest BCUT2D eigenvalue weighted by Gasteiger charge is 2.39. The van der Waals surface area contributed by atoms with Crippen molar-refractivity contribution in [3.05, 3.63) is 96.5 Å². The Balaban J connectivity index is 1.50. The van der Waals surface area contributed by atoms with Crippen LogP contribution < -0.4 is 15.0 Å². The van der Waals surface area contributed by atoms with Crippen LogP contribution in [0.15, 0.2) is 69.8 Å². The molecule has 1 N–H and O–H groups in total. The third-order valence-corrected chi connectivity index (χ3v) is 6.75. The smallest absolute Gasteiger partial charge is 0.343 e. The van der Waals surface area contributed by atoms with Gasteiger partial charge in [-0.1, -0.05) is 50.7 Å². The number of ether oxygens (including phenoxy) is 1. The molecule has 0 atom stereocenters. The average molecular weight is 595 g/mol. The summed E-state index contributed by atoms with van der Waals surface area (Å²) in [6.45, 7) is 3.71. The Morgan fingerprint density at radius 3 is 2.11 bits per heavy atom. The van der Waals surface area contributed by atoms with Crippen LogP contribution in [-0.2, 0) is 9.59 Å². The van der Waals surface area contributed by atoms with Gasteiger partial charge in [0.25, 0.3) is 11.8 Å². The van der Waals surface area contributed by atoms with E-state index in [0.29, 0.717) is 17.0 Å². The first kappa shape index (κ1) is 25.3. The predicted molar refractivity (Wildman–Crippen MR) is 140 cm³/mol. The number of carbonyl (C=O) groups excluding carboxylic acids is 3. The Hall–Kier alpha value is -2.84. The predicted octanol–water partition coefficient (Wildman–Crippen LogP) is 7.03. The fourth-order valence-electron chi connectivity index (χ4n) is 3.51. The fraction of sp³-hybridized carbons (Fsp3) is 0.0800. The number of aryl methyl sites for hydroxylation is 2. The van der Waals surface area contributed by atoms with Crippen LogP contribution in [0.2, 0.25) is 10.0 Å². The van der Waals surface area contributed by atoms with Gasteiger partial charge in [0.2, 0.25) is 0 Å². The summed E-state index contributed by atoms with van der Waals surface area (Å²) in [6, 6.07) is 14.3. The van der Waals surface area contributed by atoms with Crippen LogP contribution in [-0.4, -0.2) is 17.8 Å². The zero-order valence-corrected chi connectivity index (χ0v) is 22.1. The molecule has 0 bridgehead atoms. The van der Waals surface area contributed by atoms with E-state index < -0.39 is 17.8 Å². The second-order valence-corrected chi connectivity index (χ2v) is 9.80. The van der Waals surface area contributed by atoms with Crippen molar-refractivity contribution in [2.45, 2.75) is 13.8 Å². The molecule has 0 fully saturated rings. The topological polar surface area (TPSA) is 75.7 Å². The standard InChI is InChI=1S/C25H16BrCl3N2O4/c1-12-9-15(26)10-13(2)22(12)35-25(34)14-3-5-16(6-4-14)30-21-20(29)23(32)31(24(21)33)17-7-8-18(27)19(28)11-17/h3-11,30H,1-2H3. The van der Waals surface area contributed by atoms with Crippen molar-refractivity contribution in [1.82, 2.24) is 0 Å². The minimum Gasteiger partial charge on any atom is -0.422 e. The average Bonchev–Trinajstić information content (AvgIpc) is 3.01. The molecule has 0 unspecified atom stereocenters. The van der Waals surface area contributed by atoms with Gasteiger partial charge in [-0.25, -0.2) is 9.69 Å². The Bertz CT molecular complexity index is 1400. The molecule has 0 saturated heterocycles. The summed E-state index contributed by atoms with van der Waals surface area (Å²) in [5.41, 5.74) is 2.54. The molecule has 0 spiro atoms. The maximum atomic E-state index is 12.9. The summed E-state index contributed by atoms with van der Waals surface area (Å²) in [7, 11) is 0. The Morgan fingerprint density at radius 1 is 0.886 bits per heavy atom. The monoisotopic (exact) mass is 592 g/mol. The van der Waals surface area contributed by atoms with Crippen LogP contribution in [0.1, 0.15) is 21.5 Å². The maximum Gasteiger partial charge on any atom is 0.343 e. The Kier molecular flexibility index (Phi) is 7.24. The molecule has 1 aliphatic heterocycles. The van der Waals surface area contributed by atoms with Gasteiger partial charge in [0.15, 0.2) is 0 Å². The Labute approximate surface area is 224 Å². The number of halogens is 4. The second kappa shape index (κ2) is 10.0. The molecule has 0 radical (unpaired) electrons. The lowest BCUT2D eigenvalue weighted by atomic mass is 10.1. The molecule has 0 saturated carbocycles. The highest BCUT2D eigenvalue weighted by molar-refractivity contribution is 9.10. The van der Waals surface area contributed by atoms with E-state index in [1.807, 2.05) is 26.0 Å². The zero-order chi connectivity index (χ0) is 25.4. The molecule has 4 rings (SSSR count). The number of nitrogens with one attached hydrogen (secondary N) is 1. The first-order valence-corrected chi connectivity index (χ1v) is 12.1. The van der Waals surface area contributed by atoms with E-state index in [-0.39, 0.29) is 26.5 Å². The number of hydrogen-bond acceptors (Lipinski definition) is 5. The number of carbonyl (C=O) groups is 3. The van der Waals surface area contributed by atoms with Gasteiger partial charge in [0.1, 0.15) is 16.5 Å². The van der Waals surface area contributed by atoms with Gasteiger partial charge in [0, 0.05) is 10.2 Å². The maximum absolute atomic E-state index is 12.9. The molecule has 6 nitrogen and oxygen atoms in total. The van der Waals surface area contributed by atoms with Gasteiger partial charge < -0.3 is 10.1 Å². The third kappa shape index (κ3) is 5.09. The lowest BCUT2D eigenvalue weighted by Gasteiger charge is -2.16. The molecule has 3 aromatic rings. The molecule has 0 aromatic heterocycles. The van der Waals surface area contributed by atoms with Gasteiger partial charge >= 0.3 is 5.97 Å². The minimum atomic E-state index is -0.696. The summed E-state index contributed by atoms with van der Waals surface area (Å²) in [5.74, 6) is -1.38. The lowest BCUT2D eigenvalue weighted by Crippen LogP contribution is -2.32. The number of benzene rings is 3. The number of imide groups is 1. The molecule has 3 aromatic carbocycles. The first-order chi connectivity index (χ1) is 16.6. The summed E-state index contributed by atoms with van der Waals surface area (Å²) in [5, 5.41) is 3.06. The van der Waals surface area contributed by atoms with E-state index in [0.717, 1.165) is 20.5 Å². The quantitative estimate of drug-likeness (QED) is 0.195. The Morgan fingerprint density at radius 2 is 1.51 bits per heavy atom. The van der Waals surface area contributed by atoms with Crippen molar-refractivity contribution in [1.29, 1.82) is 0 Å². The molecule has 1 heterocycles. The molecule has 0 aliphatic carbocycles. The number of hydrogen-bond donors (Lipinski definition) is 1. The van der Waals surface area contributed by atoms with Crippen LogP contribution in [0.5, 0.6) is 5.75 Å². The van der Waals surface area contributed by atoms with Crippen LogP contribution in [0, 0.1) is 13.8 Å². The SMILES string of the molecule is Cc1cc(Br)cc(C)c1OC(=O)c1ccc(NC2=C(Cl)C(=O)N(c3ccc(Cl)c(Cl)c3)C2=O)cc1. The van der Waals surface area contributed by atoms with Crippen molar-refractivity contribution in [3.8, 4) is 5.75 Å². The molecule has 35 heavy (non-hydrogen) atoms. The van der Waals surface area contributed by atoms with Crippen molar-refractivity contribution >= 4 is 79.9 Å². The van der Waals surface area contributed by atoms with Crippen LogP contribution in [0.4, 0.5) is 11.4 Å². The van der Waals surface area contributed by atoms with Gasteiger partial charge in [-0.15, -0.1) is 0 Å². The highest BCUT2D eigenvalue weighted by atomic mass is 79.9. The van der Waals surface area contributed by atoms with E-state index in [4.69, 9.17) is 39.5 Å². The van der Waals surface area contributed by atoms with E-state index in [9.17, 15) is 14.4 Å². The summed E-state index contributed by atoms with van der Waals surface area (Å²) < 4.78 is 6.48. The minimum absolute atomic E-state index is 0.0980. The molecule has 2 amide bonds. The normalized spacial score (nSPS) is 13.5. The van der Waals surface area contributed by atoms with Crippen LogP contribution in [0.3, 0.4) is 0 Å².